The van der Waals surface area contributed by atoms with Crippen LogP contribution in [0.15, 0.2) is 24.5 Å². The summed E-state index contributed by atoms with van der Waals surface area (Å²) in [4.78, 5) is 48.9. The quantitative estimate of drug-likeness (QED) is 0.287. The number of hydrogen-bond donors (Lipinski definition) is 2. The standard InChI is InChI=1S/C34H41FN6O9S/c1-18-23(14-37-29-28(18)41(10-11-47-29)32(44)50-34(5,6)7)22-12-19-13-25(36-15-24(19)27(26(22)35)39-31(43)49-33(2,3)4)38-30(42)48-20-16-40(17-20)51(45,46)21-8-9-21/h12-15,20-21H,8-11,16-17H2,1-7H3,(H,39,43)(H,36,38,42). The summed E-state index contributed by atoms with van der Waals surface area (Å²) in [6.07, 6.45) is 0.989. The van der Waals surface area contributed by atoms with E-state index in [0.717, 1.165) is 0 Å². The molecule has 1 saturated heterocycles. The van der Waals surface area contributed by atoms with Gasteiger partial charge in [-0.2, -0.15) is 4.31 Å². The molecule has 0 radical (unpaired) electrons. The van der Waals surface area contributed by atoms with Crippen LogP contribution in [0.5, 0.6) is 5.88 Å². The van der Waals surface area contributed by atoms with E-state index in [-0.39, 0.29) is 59.8 Å². The lowest BCUT2D eigenvalue weighted by Gasteiger charge is -2.37. The van der Waals surface area contributed by atoms with E-state index in [4.69, 9.17) is 18.9 Å². The van der Waals surface area contributed by atoms with Gasteiger partial charge in [0.25, 0.3) is 0 Å². The third kappa shape index (κ3) is 7.78. The van der Waals surface area contributed by atoms with Crippen LogP contribution in [-0.2, 0) is 24.2 Å². The van der Waals surface area contributed by atoms with E-state index in [1.165, 1.54) is 33.7 Å². The van der Waals surface area contributed by atoms with Crippen molar-refractivity contribution in [2.75, 3.05) is 41.8 Å². The van der Waals surface area contributed by atoms with Crippen LogP contribution in [0, 0.1) is 12.7 Å². The molecule has 0 spiro atoms. The van der Waals surface area contributed by atoms with E-state index in [2.05, 4.69) is 20.6 Å². The maximum absolute atomic E-state index is 16.6. The highest BCUT2D eigenvalue weighted by Gasteiger charge is 2.46. The van der Waals surface area contributed by atoms with Gasteiger partial charge in [-0.15, -0.1) is 0 Å². The van der Waals surface area contributed by atoms with Crippen molar-refractivity contribution in [3.05, 3.63) is 35.9 Å². The van der Waals surface area contributed by atoms with Crippen molar-refractivity contribution in [2.24, 2.45) is 0 Å². The predicted octanol–water partition coefficient (Wildman–Crippen LogP) is 5.95. The van der Waals surface area contributed by atoms with Gasteiger partial charge in [0, 0.05) is 28.9 Å². The molecule has 1 saturated carbocycles. The fraction of sp³-hybridized carbons (Fsp3) is 0.500. The highest BCUT2D eigenvalue weighted by atomic mass is 32.2. The lowest BCUT2D eigenvalue weighted by Crippen LogP contribution is -2.56. The maximum atomic E-state index is 16.6. The summed E-state index contributed by atoms with van der Waals surface area (Å²) < 4.78 is 64.9. The monoisotopic (exact) mass is 728 g/mol. The van der Waals surface area contributed by atoms with Crippen molar-refractivity contribution in [1.82, 2.24) is 14.3 Å². The van der Waals surface area contributed by atoms with Gasteiger partial charge in [-0.25, -0.2) is 37.2 Å². The summed E-state index contributed by atoms with van der Waals surface area (Å²) in [5.74, 6) is -0.591. The van der Waals surface area contributed by atoms with Crippen LogP contribution in [0.25, 0.3) is 21.9 Å². The Morgan fingerprint density at radius 1 is 0.941 bits per heavy atom. The molecule has 2 N–H and O–H groups in total. The molecule has 2 aliphatic heterocycles. The third-order valence-corrected chi connectivity index (χ3v) is 10.5. The first-order valence-corrected chi connectivity index (χ1v) is 18.0. The number of aromatic nitrogens is 2. The SMILES string of the molecule is Cc1c(-c2cc3cc(NC(=O)OC4CN(S(=O)(=O)C5CC5)C4)ncc3c(NC(=O)OC(C)(C)C)c2F)cnc2c1N(C(=O)OC(C)(C)C)CCO2. The van der Waals surface area contributed by atoms with Crippen molar-refractivity contribution < 1.29 is 46.1 Å². The molecule has 1 aliphatic carbocycles. The van der Waals surface area contributed by atoms with Crippen LogP contribution >= 0.6 is 0 Å². The fourth-order valence-electron chi connectivity index (χ4n) is 5.72. The van der Waals surface area contributed by atoms with Crippen molar-refractivity contribution in [3.63, 3.8) is 0 Å². The zero-order valence-corrected chi connectivity index (χ0v) is 30.3. The molecule has 0 unspecified atom stereocenters. The van der Waals surface area contributed by atoms with E-state index < -0.39 is 51.4 Å². The molecule has 51 heavy (non-hydrogen) atoms. The molecule has 6 rings (SSSR count). The number of nitrogens with one attached hydrogen (secondary N) is 2. The van der Waals surface area contributed by atoms with E-state index in [1.807, 2.05) is 0 Å². The van der Waals surface area contributed by atoms with Crippen LogP contribution in [-0.4, -0.2) is 89.8 Å². The Hall–Kier alpha value is -4.77. The molecule has 274 valence electrons. The third-order valence-electron chi connectivity index (χ3n) is 8.21. The van der Waals surface area contributed by atoms with E-state index >= 15 is 4.39 Å². The fourth-order valence-corrected chi connectivity index (χ4v) is 7.62. The van der Waals surface area contributed by atoms with E-state index in [1.54, 1.807) is 48.5 Å². The lowest BCUT2D eigenvalue weighted by molar-refractivity contribution is 0.0345. The minimum absolute atomic E-state index is 0.0160. The topological polar surface area (TPSA) is 179 Å². The zero-order chi connectivity index (χ0) is 37.0. The van der Waals surface area contributed by atoms with Crippen molar-refractivity contribution in [3.8, 4) is 17.0 Å². The van der Waals surface area contributed by atoms with Gasteiger partial charge in [-0.3, -0.25) is 15.5 Å². The van der Waals surface area contributed by atoms with Crippen molar-refractivity contribution >= 4 is 56.3 Å². The number of benzene rings is 1. The summed E-state index contributed by atoms with van der Waals surface area (Å²) in [6, 6.07) is 2.98. The Labute approximate surface area is 294 Å². The first-order valence-electron chi connectivity index (χ1n) is 16.5. The van der Waals surface area contributed by atoms with Gasteiger partial charge < -0.3 is 18.9 Å². The van der Waals surface area contributed by atoms with Gasteiger partial charge in [-0.05, 0) is 84.4 Å². The second kappa shape index (κ2) is 13.1. The minimum atomic E-state index is -3.35. The number of rotatable bonds is 6. The van der Waals surface area contributed by atoms with Gasteiger partial charge in [0.15, 0.2) is 5.82 Å². The van der Waals surface area contributed by atoms with Crippen LogP contribution in [0.1, 0.15) is 59.9 Å². The smallest absolute Gasteiger partial charge is 0.415 e. The molecule has 3 amide bonds. The number of ether oxygens (including phenoxy) is 4. The van der Waals surface area contributed by atoms with Crippen LogP contribution in [0.4, 0.5) is 36.0 Å². The molecule has 1 aromatic carbocycles. The van der Waals surface area contributed by atoms with Gasteiger partial charge in [0.1, 0.15) is 35.4 Å². The number of sulfonamides is 1. The number of fused-ring (bicyclic) bond motifs is 2. The molecule has 2 fully saturated rings. The normalized spacial score (nSPS) is 16.8. The minimum Gasteiger partial charge on any atom is -0.474 e. The van der Waals surface area contributed by atoms with Crippen LogP contribution < -0.4 is 20.3 Å². The van der Waals surface area contributed by atoms with Gasteiger partial charge in [-0.1, -0.05) is 0 Å². The Bertz CT molecular complexity index is 2020. The number of hydrogen-bond acceptors (Lipinski definition) is 11. The second-order valence-electron chi connectivity index (χ2n) is 14.7. The maximum Gasteiger partial charge on any atom is 0.415 e. The molecule has 15 nitrogen and oxygen atoms in total. The largest absolute Gasteiger partial charge is 0.474 e. The number of carbonyl (C=O) groups excluding carboxylic acids is 3. The summed E-state index contributed by atoms with van der Waals surface area (Å²) in [5.41, 5.74) is -0.810. The number of anilines is 3. The van der Waals surface area contributed by atoms with Crippen LogP contribution in [0.2, 0.25) is 0 Å². The summed E-state index contributed by atoms with van der Waals surface area (Å²) in [6.45, 7) is 12.4. The molecular formula is C34H41FN6O9S. The van der Waals surface area contributed by atoms with Gasteiger partial charge in [0.2, 0.25) is 15.9 Å². The Balaban J connectivity index is 1.34. The molecule has 2 aromatic heterocycles. The zero-order valence-electron chi connectivity index (χ0n) is 29.5. The summed E-state index contributed by atoms with van der Waals surface area (Å²) >= 11 is 0. The molecule has 0 atom stereocenters. The predicted molar refractivity (Wildman–Crippen MR) is 186 cm³/mol. The average Bonchev–Trinajstić information content (AvgIpc) is 3.85. The first-order chi connectivity index (χ1) is 23.8. The Morgan fingerprint density at radius 3 is 2.27 bits per heavy atom. The Morgan fingerprint density at radius 2 is 1.63 bits per heavy atom. The molecule has 17 heteroatoms. The molecule has 3 aromatic rings. The molecular weight excluding hydrogens is 687 g/mol. The number of amides is 3. The highest BCUT2D eigenvalue weighted by Crippen LogP contribution is 2.43. The highest BCUT2D eigenvalue weighted by molar-refractivity contribution is 7.90. The van der Waals surface area contributed by atoms with Crippen molar-refractivity contribution in [1.29, 1.82) is 0 Å². The molecule has 3 aliphatic rings. The number of pyridine rings is 2. The van der Waals surface area contributed by atoms with Gasteiger partial charge >= 0.3 is 18.3 Å². The Kier molecular flexibility index (Phi) is 9.25. The first kappa shape index (κ1) is 36.0. The summed E-state index contributed by atoms with van der Waals surface area (Å²) in [5, 5.41) is 5.27. The second-order valence-corrected chi connectivity index (χ2v) is 16.9. The number of halogens is 1. The van der Waals surface area contributed by atoms with Crippen LogP contribution in [0.3, 0.4) is 0 Å². The molecule has 0 bridgehead atoms. The number of nitrogens with zero attached hydrogens (tertiary/aromatic N) is 4. The summed E-state index contributed by atoms with van der Waals surface area (Å²) in [7, 11) is -3.35. The number of carbonyl (C=O) groups is 3. The van der Waals surface area contributed by atoms with Crippen molar-refractivity contribution in [2.45, 2.75) is 83.9 Å². The van der Waals surface area contributed by atoms with Gasteiger partial charge in [0.05, 0.1) is 30.6 Å². The lowest BCUT2D eigenvalue weighted by atomic mass is 9.96. The average molecular weight is 729 g/mol. The van der Waals surface area contributed by atoms with E-state index in [0.29, 0.717) is 35.0 Å². The van der Waals surface area contributed by atoms with E-state index in [9.17, 15) is 22.8 Å². The molecule has 4 heterocycles.